The second kappa shape index (κ2) is 3.82. The minimum absolute atomic E-state index is 0.130. The molecule has 0 spiro atoms. The van der Waals surface area contributed by atoms with Crippen molar-refractivity contribution in [2.24, 2.45) is 0 Å². The Morgan fingerprint density at radius 1 is 1.40 bits per heavy atom. The first-order valence-corrected chi connectivity index (χ1v) is 4.62. The molecule has 1 heterocycles. The van der Waals surface area contributed by atoms with Crippen LogP contribution < -0.4 is 0 Å². The van der Waals surface area contributed by atoms with E-state index in [-0.39, 0.29) is 12.4 Å². The summed E-state index contributed by atoms with van der Waals surface area (Å²) in [6.45, 7) is 1.73. The molecule has 1 aromatic heterocycles. The monoisotopic (exact) mass is 206 g/mol. The maximum Gasteiger partial charge on any atom is 0.125 e. The van der Waals surface area contributed by atoms with Crippen molar-refractivity contribution < 1.29 is 9.50 Å². The van der Waals surface area contributed by atoms with Gasteiger partial charge in [-0.25, -0.2) is 9.07 Å². The zero-order valence-corrected chi connectivity index (χ0v) is 8.31. The molecule has 2 rings (SSSR count). The highest BCUT2D eigenvalue weighted by molar-refractivity contribution is 5.40. The van der Waals surface area contributed by atoms with Crippen LogP contribution in [0.15, 0.2) is 30.5 Å². The van der Waals surface area contributed by atoms with Crippen LogP contribution in [0.5, 0.6) is 0 Å². The second-order valence-corrected chi connectivity index (χ2v) is 3.33. The van der Waals surface area contributed by atoms with Gasteiger partial charge >= 0.3 is 0 Å². The number of rotatable bonds is 2. The molecule has 15 heavy (non-hydrogen) atoms. The quantitative estimate of drug-likeness (QED) is 0.813. The third kappa shape index (κ3) is 1.89. The molecule has 0 radical (unpaired) electrons. The predicted molar refractivity (Wildman–Crippen MR) is 54.2 cm³/mol. The van der Waals surface area contributed by atoms with Crippen molar-refractivity contribution in [2.45, 2.75) is 13.5 Å². The highest BCUT2D eigenvalue weighted by atomic mass is 19.1. The Morgan fingerprint density at radius 2 is 2.20 bits per heavy atom. The number of hydrogen-bond donors (Lipinski definition) is 1. The first-order valence-electron chi connectivity index (χ1n) is 4.62. The maximum atomic E-state index is 13.1. The summed E-state index contributed by atoms with van der Waals surface area (Å²) < 4.78 is 14.6. The normalized spacial score (nSPS) is 10.6. The Morgan fingerprint density at radius 3 is 2.80 bits per heavy atom. The molecular weight excluding hydrogens is 195 g/mol. The number of aromatic nitrogens is 2. The number of aryl methyl sites for hydroxylation is 1. The minimum atomic E-state index is -0.338. The first kappa shape index (κ1) is 9.86. The van der Waals surface area contributed by atoms with E-state index in [1.54, 1.807) is 16.9 Å². The molecular formula is C11H11FN2O. The molecule has 1 N–H and O–H groups in total. The molecule has 0 aliphatic heterocycles. The zero-order chi connectivity index (χ0) is 10.8. The summed E-state index contributed by atoms with van der Waals surface area (Å²) in [5.74, 6) is -0.338. The number of aliphatic hydroxyl groups is 1. The number of aliphatic hydroxyl groups excluding tert-OH is 1. The van der Waals surface area contributed by atoms with Crippen LogP contribution in [0.2, 0.25) is 0 Å². The van der Waals surface area contributed by atoms with Crippen LogP contribution >= 0.6 is 0 Å². The lowest BCUT2D eigenvalue weighted by atomic mass is 10.2. The molecule has 1 aromatic carbocycles. The number of halogens is 1. The van der Waals surface area contributed by atoms with Gasteiger partial charge in [0.2, 0.25) is 0 Å². The van der Waals surface area contributed by atoms with E-state index in [0.29, 0.717) is 11.3 Å². The maximum absolute atomic E-state index is 13.1. The van der Waals surface area contributed by atoms with Crippen molar-refractivity contribution in [3.8, 4) is 5.69 Å². The van der Waals surface area contributed by atoms with Crippen molar-refractivity contribution >= 4 is 0 Å². The highest BCUT2D eigenvalue weighted by Crippen LogP contribution is 2.16. The molecule has 0 aliphatic rings. The summed E-state index contributed by atoms with van der Waals surface area (Å²) in [6, 6.07) is 6.07. The average molecular weight is 206 g/mol. The van der Waals surface area contributed by atoms with E-state index in [0.717, 1.165) is 5.69 Å². The predicted octanol–water partition coefficient (Wildman–Crippen LogP) is 1.81. The SMILES string of the molecule is Cc1ccn(-c2cc(F)ccc2CO)n1. The Kier molecular flexibility index (Phi) is 2.51. The van der Waals surface area contributed by atoms with Crippen LogP contribution in [0.3, 0.4) is 0 Å². The van der Waals surface area contributed by atoms with Crippen LogP contribution in [0.4, 0.5) is 4.39 Å². The van der Waals surface area contributed by atoms with Gasteiger partial charge in [0.05, 0.1) is 18.0 Å². The largest absolute Gasteiger partial charge is 0.392 e. The fraction of sp³-hybridized carbons (Fsp3) is 0.182. The third-order valence-electron chi connectivity index (χ3n) is 2.19. The van der Waals surface area contributed by atoms with Gasteiger partial charge in [-0.1, -0.05) is 6.07 Å². The van der Waals surface area contributed by atoms with Gasteiger partial charge in [0.1, 0.15) is 5.82 Å². The van der Waals surface area contributed by atoms with E-state index in [1.807, 2.05) is 13.0 Å². The van der Waals surface area contributed by atoms with E-state index < -0.39 is 0 Å². The molecule has 78 valence electrons. The van der Waals surface area contributed by atoms with E-state index >= 15 is 0 Å². The number of nitrogens with zero attached hydrogens (tertiary/aromatic N) is 2. The summed E-state index contributed by atoms with van der Waals surface area (Å²) in [7, 11) is 0. The Balaban J connectivity index is 2.55. The summed E-state index contributed by atoms with van der Waals surface area (Å²) in [4.78, 5) is 0. The van der Waals surface area contributed by atoms with Gasteiger partial charge in [0.25, 0.3) is 0 Å². The van der Waals surface area contributed by atoms with Gasteiger partial charge in [-0.15, -0.1) is 0 Å². The van der Waals surface area contributed by atoms with Crippen molar-refractivity contribution in [2.75, 3.05) is 0 Å². The van der Waals surface area contributed by atoms with Gasteiger partial charge in [-0.2, -0.15) is 5.10 Å². The van der Waals surface area contributed by atoms with Crippen molar-refractivity contribution in [1.82, 2.24) is 9.78 Å². The molecule has 0 aliphatic carbocycles. The Bertz CT molecular complexity index is 479. The summed E-state index contributed by atoms with van der Waals surface area (Å²) >= 11 is 0. The van der Waals surface area contributed by atoms with Crippen LogP contribution in [-0.2, 0) is 6.61 Å². The molecule has 2 aromatic rings. The zero-order valence-electron chi connectivity index (χ0n) is 8.31. The standard InChI is InChI=1S/C11H11FN2O/c1-8-4-5-14(13-8)11-6-10(12)3-2-9(11)7-15/h2-6,15H,7H2,1H3. The van der Waals surface area contributed by atoms with Gasteiger partial charge in [-0.3, -0.25) is 0 Å². The molecule has 0 atom stereocenters. The lowest BCUT2D eigenvalue weighted by Gasteiger charge is -2.07. The van der Waals surface area contributed by atoms with Crippen molar-refractivity contribution in [3.05, 3.63) is 47.5 Å². The number of benzene rings is 1. The van der Waals surface area contributed by atoms with Crippen molar-refractivity contribution in [3.63, 3.8) is 0 Å². The molecule has 4 heteroatoms. The highest BCUT2D eigenvalue weighted by Gasteiger charge is 2.06. The summed E-state index contributed by atoms with van der Waals surface area (Å²) in [5, 5.41) is 13.3. The first-order chi connectivity index (χ1) is 7.20. The van der Waals surface area contributed by atoms with Gasteiger partial charge in [0.15, 0.2) is 0 Å². The van der Waals surface area contributed by atoms with E-state index in [9.17, 15) is 4.39 Å². The molecule has 0 unspecified atom stereocenters. The Hall–Kier alpha value is -1.68. The lowest BCUT2D eigenvalue weighted by Crippen LogP contribution is -2.01. The lowest BCUT2D eigenvalue weighted by molar-refractivity contribution is 0.281. The van der Waals surface area contributed by atoms with Crippen molar-refractivity contribution in [1.29, 1.82) is 0 Å². The molecule has 0 saturated carbocycles. The van der Waals surface area contributed by atoms with Gasteiger partial charge in [-0.05, 0) is 25.1 Å². The van der Waals surface area contributed by atoms with Crippen LogP contribution in [0.25, 0.3) is 5.69 Å². The van der Waals surface area contributed by atoms with Crippen LogP contribution in [0.1, 0.15) is 11.3 Å². The fourth-order valence-corrected chi connectivity index (χ4v) is 1.43. The second-order valence-electron chi connectivity index (χ2n) is 3.33. The van der Waals surface area contributed by atoms with Crippen LogP contribution in [-0.4, -0.2) is 14.9 Å². The van der Waals surface area contributed by atoms with Crippen LogP contribution in [0, 0.1) is 12.7 Å². The van der Waals surface area contributed by atoms with Gasteiger partial charge < -0.3 is 5.11 Å². The molecule has 0 bridgehead atoms. The summed E-state index contributed by atoms with van der Waals surface area (Å²) in [5.41, 5.74) is 2.08. The topological polar surface area (TPSA) is 38.0 Å². The van der Waals surface area contributed by atoms with E-state index in [4.69, 9.17) is 5.11 Å². The molecule has 0 amide bonds. The average Bonchev–Trinajstić information content (AvgIpc) is 2.65. The summed E-state index contributed by atoms with van der Waals surface area (Å²) in [6.07, 6.45) is 1.74. The molecule has 0 fully saturated rings. The van der Waals surface area contributed by atoms with E-state index in [1.165, 1.54) is 12.1 Å². The molecule has 0 saturated heterocycles. The van der Waals surface area contributed by atoms with Gasteiger partial charge in [0, 0.05) is 11.8 Å². The molecule has 3 nitrogen and oxygen atoms in total. The third-order valence-corrected chi connectivity index (χ3v) is 2.19. The minimum Gasteiger partial charge on any atom is -0.392 e. The van der Waals surface area contributed by atoms with E-state index in [2.05, 4.69) is 5.10 Å². The number of hydrogen-bond acceptors (Lipinski definition) is 2. The fourth-order valence-electron chi connectivity index (χ4n) is 1.43. The smallest absolute Gasteiger partial charge is 0.125 e. The Labute approximate surface area is 86.8 Å².